The Labute approximate surface area is 154 Å². The monoisotopic (exact) mass is 369 g/mol. The third kappa shape index (κ3) is 3.21. The minimum Gasteiger partial charge on any atom is -0.361 e. The SMILES string of the molecule is O=C1C[C@H](NCCc2c[nH]c3ccccc23)C(=O)N1c1ccc(F)c(F)c1. The predicted octanol–water partition coefficient (Wildman–Crippen LogP) is 2.91. The molecule has 138 valence electrons. The maximum atomic E-state index is 13.4. The molecule has 1 saturated heterocycles. The number of carbonyl (C=O) groups excluding carboxylic acids is 2. The number of amides is 2. The van der Waals surface area contributed by atoms with Gasteiger partial charge in [0.05, 0.1) is 18.2 Å². The van der Waals surface area contributed by atoms with Gasteiger partial charge >= 0.3 is 0 Å². The number of hydrogen-bond acceptors (Lipinski definition) is 3. The molecule has 0 unspecified atom stereocenters. The number of anilines is 1. The molecule has 1 aliphatic rings. The molecule has 2 heterocycles. The second kappa shape index (κ2) is 6.92. The summed E-state index contributed by atoms with van der Waals surface area (Å²) >= 11 is 0. The molecule has 1 atom stereocenters. The van der Waals surface area contributed by atoms with E-state index in [4.69, 9.17) is 0 Å². The topological polar surface area (TPSA) is 65.2 Å². The Bertz CT molecular complexity index is 1030. The van der Waals surface area contributed by atoms with Crippen LogP contribution in [0.25, 0.3) is 10.9 Å². The van der Waals surface area contributed by atoms with Crippen LogP contribution in [-0.2, 0) is 16.0 Å². The summed E-state index contributed by atoms with van der Waals surface area (Å²) in [7, 11) is 0. The zero-order valence-corrected chi connectivity index (χ0v) is 14.3. The first kappa shape index (κ1) is 17.4. The Morgan fingerprint density at radius 2 is 1.93 bits per heavy atom. The number of rotatable bonds is 5. The van der Waals surface area contributed by atoms with Crippen molar-refractivity contribution in [1.82, 2.24) is 10.3 Å². The molecule has 27 heavy (non-hydrogen) atoms. The number of nitrogens with zero attached hydrogens (tertiary/aromatic N) is 1. The Balaban J connectivity index is 1.42. The zero-order chi connectivity index (χ0) is 19.0. The van der Waals surface area contributed by atoms with Gasteiger partial charge in [-0.3, -0.25) is 9.59 Å². The lowest BCUT2D eigenvalue weighted by Crippen LogP contribution is -2.39. The van der Waals surface area contributed by atoms with Crippen LogP contribution in [0, 0.1) is 11.6 Å². The van der Waals surface area contributed by atoms with Gasteiger partial charge in [0.25, 0.3) is 5.91 Å². The van der Waals surface area contributed by atoms with Gasteiger partial charge in [-0.1, -0.05) is 18.2 Å². The van der Waals surface area contributed by atoms with Gasteiger partial charge in [-0.25, -0.2) is 13.7 Å². The number of H-pyrrole nitrogens is 1. The Morgan fingerprint density at radius 3 is 2.74 bits per heavy atom. The van der Waals surface area contributed by atoms with Crippen LogP contribution < -0.4 is 10.2 Å². The van der Waals surface area contributed by atoms with Crippen LogP contribution in [0.5, 0.6) is 0 Å². The largest absolute Gasteiger partial charge is 0.361 e. The molecular weight excluding hydrogens is 352 g/mol. The van der Waals surface area contributed by atoms with Crippen LogP contribution in [0.1, 0.15) is 12.0 Å². The summed E-state index contributed by atoms with van der Waals surface area (Å²) in [6, 6.07) is 10.3. The van der Waals surface area contributed by atoms with Gasteiger partial charge in [0, 0.05) is 29.7 Å². The molecule has 0 radical (unpaired) electrons. The average Bonchev–Trinajstić information content (AvgIpc) is 3.19. The smallest absolute Gasteiger partial charge is 0.251 e. The molecule has 7 heteroatoms. The number of imide groups is 1. The van der Waals surface area contributed by atoms with Crippen molar-refractivity contribution in [3.63, 3.8) is 0 Å². The van der Waals surface area contributed by atoms with E-state index in [9.17, 15) is 18.4 Å². The van der Waals surface area contributed by atoms with E-state index >= 15 is 0 Å². The van der Waals surface area contributed by atoms with E-state index in [1.807, 2.05) is 30.5 Å². The molecule has 0 saturated carbocycles. The first-order chi connectivity index (χ1) is 13.0. The van der Waals surface area contributed by atoms with E-state index in [1.54, 1.807) is 0 Å². The molecule has 0 bridgehead atoms. The summed E-state index contributed by atoms with van der Waals surface area (Å²) in [5.74, 6) is -3.00. The number of nitrogens with one attached hydrogen (secondary N) is 2. The number of carbonyl (C=O) groups is 2. The third-order valence-corrected chi connectivity index (χ3v) is 4.77. The first-order valence-electron chi connectivity index (χ1n) is 8.65. The van der Waals surface area contributed by atoms with Crippen LogP contribution in [0.4, 0.5) is 14.5 Å². The van der Waals surface area contributed by atoms with E-state index in [1.165, 1.54) is 6.07 Å². The molecule has 0 aliphatic carbocycles. The molecular formula is C20H17F2N3O2. The highest BCUT2D eigenvalue weighted by Crippen LogP contribution is 2.25. The molecule has 1 fully saturated rings. The lowest BCUT2D eigenvalue weighted by atomic mass is 10.1. The fraction of sp³-hybridized carbons (Fsp3) is 0.200. The lowest BCUT2D eigenvalue weighted by Gasteiger charge is -2.15. The summed E-state index contributed by atoms with van der Waals surface area (Å²) in [5.41, 5.74) is 2.21. The fourth-order valence-corrected chi connectivity index (χ4v) is 3.41. The van der Waals surface area contributed by atoms with Crippen molar-refractivity contribution < 1.29 is 18.4 Å². The predicted molar refractivity (Wildman–Crippen MR) is 97.3 cm³/mol. The minimum atomic E-state index is -1.09. The van der Waals surface area contributed by atoms with E-state index in [-0.39, 0.29) is 12.1 Å². The molecule has 2 amide bonds. The second-order valence-corrected chi connectivity index (χ2v) is 6.49. The van der Waals surface area contributed by atoms with Crippen LogP contribution >= 0.6 is 0 Å². The maximum Gasteiger partial charge on any atom is 0.251 e. The van der Waals surface area contributed by atoms with Gasteiger partial charge in [-0.2, -0.15) is 0 Å². The number of hydrogen-bond donors (Lipinski definition) is 2. The molecule has 2 N–H and O–H groups in total. The Morgan fingerprint density at radius 1 is 1.11 bits per heavy atom. The van der Waals surface area contributed by atoms with Gasteiger partial charge in [0.2, 0.25) is 5.91 Å². The van der Waals surface area contributed by atoms with E-state index in [0.29, 0.717) is 13.0 Å². The summed E-state index contributed by atoms with van der Waals surface area (Å²) in [6.45, 7) is 0.511. The molecule has 0 spiro atoms. The van der Waals surface area contributed by atoms with Crippen molar-refractivity contribution >= 4 is 28.4 Å². The highest BCUT2D eigenvalue weighted by molar-refractivity contribution is 6.22. The molecule has 3 aromatic rings. The van der Waals surface area contributed by atoms with E-state index in [2.05, 4.69) is 10.3 Å². The summed E-state index contributed by atoms with van der Waals surface area (Å²) in [5, 5.41) is 4.22. The third-order valence-electron chi connectivity index (χ3n) is 4.77. The number of benzene rings is 2. The molecule has 2 aromatic carbocycles. The van der Waals surface area contributed by atoms with Crippen molar-refractivity contribution in [1.29, 1.82) is 0 Å². The highest BCUT2D eigenvalue weighted by atomic mass is 19.2. The first-order valence-corrected chi connectivity index (χ1v) is 8.65. The van der Waals surface area contributed by atoms with E-state index < -0.39 is 29.5 Å². The van der Waals surface area contributed by atoms with Gasteiger partial charge in [-0.05, 0) is 30.2 Å². The quantitative estimate of drug-likeness (QED) is 0.680. The number of aromatic amines is 1. The van der Waals surface area contributed by atoms with Crippen molar-refractivity contribution in [2.75, 3.05) is 11.4 Å². The lowest BCUT2D eigenvalue weighted by molar-refractivity contribution is -0.121. The van der Waals surface area contributed by atoms with Crippen molar-refractivity contribution in [2.45, 2.75) is 18.9 Å². The standard InChI is InChI=1S/C20H17F2N3O2/c21-15-6-5-13(9-16(15)22)25-19(26)10-18(20(25)27)23-8-7-12-11-24-17-4-2-1-3-14(12)17/h1-6,9,11,18,23-24H,7-8,10H2/t18-/m0/s1. The summed E-state index contributed by atoms with van der Waals surface area (Å²) in [4.78, 5) is 28.8. The molecule has 5 nitrogen and oxygen atoms in total. The van der Waals surface area contributed by atoms with Crippen molar-refractivity contribution in [3.8, 4) is 0 Å². The van der Waals surface area contributed by atoms with Gasteiger partial charge in [-0.15, -0.1) is 0 Å². The van der Waals surface area contributed by atoms with Crippen molar-refractivity contribution in [3.05, 3.63) is 65.9 Å². The highest BCUT2D eigenvalue weighted by Gasteiger charge is 2.39. The number of aromatic nitrogens is 1. The molecule has 1 aliphatic heterocycles. The second-order valence-electron chi connectivity index (χ2n) is 6.49. The summed E-state index contributed by atoms with van der Waals surface area (Å²) in [6.07, 6.45) is 2.61. The maximum absolute atomic E-state index is 13.4. The van der Waals surface area contributed by atoms with Gasteiger partial charge < -0.3 is 10.3 Å². The Hall–Kier alpha value is -3.06. The van der Waals surface area contributed by atoms with Gasteiger partial charge in [0.1, 0.15) is 0 Å². The molecule has 1 aromatic heterocycles. The summed E-state index contributed by atoms with van der Waals surface area (Å²) < 4.78 is 26.5. The van der Waals surface area contributed by atoms with Crippen LogP contribution in [0.15, 0.2) is 48.7 Å². The average molecular weight is 369 g/mol. The zero-order valence-electron chi connectivity index (χ0n) is 14.3. The minimum absolute atomic E-state index is 0.00822. The van der Waals surface area contributed by atoms with Crippen LogP contribution in [-0.4, -0.2) is 29.4 Å². The van der Waals surface area contributed by atoms with E-state index in [0.717, 1.165) is 33.5 Å². The van der Waals surface area contributed by atoms with Crippen LogP contribution in [0.2, 0.25) is 0 Å². The Kier molecular flexibility index (Phi) is 4.45. The number of halogens is 2. The van der Waals surface area contributed by atoms with Crippen LogP contribution in [0.3, 0.4) is 0 Å². The number of fused-ring (bicyclic) bond motifs is 1. The van der Waals surface area contributed by atoms with Crippen molar-refractivity contribution in [2.24, 2.45) is 0 Å². The fourth-order valence-electron chi connectivity index (χ4n) is 3.41. The normalized spacial score (nSPS) is 17.3. The molecule has 4 rings (SSSR count). The number of para-hydroxylation sites is 1. The van der Waals surface area contributed by atoms with Gasteiger partial charge in [0.15, 0.2) is 11.6 Å².